The van der Waals surface area contributed by atoms with Crippen LogP contribution in [-0.4, -0.2) is 17.1 Å². The predicted octanol–water partition coefficient (Wildman–Crippen LogP) is 2.37. The zero-order valence-electron chi connectivity index (χ0n) is 6.33. The Kier molecular flexibility index (Phi) is 2.14. The number of nitrogens with zero attached hydrogens (tertiary/aromatic N) is 1. The number of hydrogen-bond donors (Lipinski definition) is 1. The highest BCUT2D eigenvalue weighted by Crippen LogP contribution is 2.41. The number of aliphatic carboxylic acids is 1. The molecule has 1 aromatic rings. The summed E-state index contributed by atoms with van der Waals surface area (Å²) in [6, 6.07) is 1.04. The van der Waals surface area contributed by atoms with Crippen molar-refractivity contribution in [2.45, 2.75) is 12.5 Å². The van der Waals surface area contributed by atoms with Gasteiger partial charge in [0.15, 0.2) is 0 Å². The Hall–Kier alpha value is -0.450. The van der Waals surface area contributed by atoms with E-state index in [4.69, 9.17) is 28.5 Å². The quantitative estimate of drug-likeness (QED) is 0.763. The molecule has 1 aliphatic rings. The molecule has 0 fully saturated rings. The van der Waals surface area contributed by atoms with Gasteiger partial charge in [0, 0.05) is 23.1 Å². The van der Waals surface area contributed by atoms with Crippen molar-refractivity contribution in [3.8, 4) is 0 Å². The van der Waals surface area contributed by atoms with Crippen LogP contribution in [-0.2, 0) is 11.2 Å². The minimum absolute atomic E-state index is 0.436. The summed E-state index contributed by atoms with van der Waals surface area (Å²) in [6.07, 6.45) is 0.436. The van der Waals surface area contributed by atoms with E-state index in [1.165, 1.54) is 15.8 Å². The third kappa shape index (κ3) is 1.39. The van der Waals surface area contributed by atoms with Crippen LogP contribution in [0.2, 0.25) is 4.34 Å². The third-order valence-electron chi connectivity index (χ3n) is 1.92. The normalized spacial score (nSPS) is 20.5. The SMILES string of the molecule is O=C(O)C1Cc2sc(Cl)cc2N1Cl. The van der Waals surface area contributed by atoms with Crippen molar-refractivity contribution in [2.24, 2.45) is 0 Å². The third-order valence-corrected chi connectivity index (χ3v) is 3.62. The molecule has 2 rings (SSSR count). The van der Waals surface area contributed by atoms with Crippen molar-refractivity contribution in [1.82, 2.24) is 0 Å². The number of hydrogen-bond acceptors (Lipinski definition) is 3. The first-order valence-corrected chi connectivity index (χ1v) is 5.09. The van der Waals surface area contributed by atoms with Crippen LogP contribution in [0, 0.1) is 0 Å². The molecule has 0 spiro atoms. The Balaban J connectivity index is 2.34. The molecule has 1 aromatic heterocycles. The van der Waals surface area contributed by atoms with Gasteiger partial charge in [-0.25, -0.2) is 4.79 Å². The first-order chi connectivity index (χ1) is 6.09. The smallest absolute Gasteiger partial charge is 0.328 e. The van der Waals surface area contributed by atoms with Crippen molar-refractivity contribution in [3.05, 3.63) is 15.3 Å². The molecule has 1 N–H and O–H groups in total. The molecule has 0 amide bonds. The number of carboxylic acid groups (broad SMARTS) is 1. The number of thiophene rings is 1. The van der Waals surface area contributed by atoms with Crippen LogP contribution in [0.5, 0.6) is 0 Å². The Morgan fingerprint density at radius 3 is 3.00 bits per heavy atom. The van der Waals surface area contributed by atoms with Gasteiger partial charge in [-0.15, -0.1) is 11.3 Å². The standard InChI is InChI=1S/C7H5Cl2NO2S/c8-6-2-3-5(13-6)1-4(7(11)12)10(3)9/h2,4H,1H2,(H,11,12). The second kappa shape index (κ2) is 3.04. The molecule has 0 bridgehead atoms. The minimum atomic E-state index is -0.908. The van der Waals surface area contributed by atoms with Crippen LogP contribution in [0.25, 0.3) is 0 Å². The lowest BCUT2D eigenvalue weighted by Gasteiger charge is -2.13. The lowest BCUT2D eigenvalue weighted by Crippen LogP contribution is -2.31. The van der Waals surface area contributed by atoms with E-state index >= 15 is 0 Å². The number of fused-ring (bicyclic) bond motifs is 1. The van der Waals surface area contributed by atoms with Gasteiger partial charge in [-0.3, -0.25) is 4.42 Å². The first-order valence-electron chi connectivity index (χ1n) is 3.55. The molecule has 1 atom stereocenters. The fourth-order valence-electron chi connectivity index (χ4n) is 1.32. The van der Waals surface area contributed by atoms with Crippen molar-refractivity contribution in [1.29, 1.82) is 0 Å². The van der Waals surface area contributed by atoms with E-state index in [2.05, 4.69) is 0 Å². The summed E-state index contributed by atoms with van der Waals surface area (Å²) in [5.74, 6) is -0.908. The van der Waals surface area contributed by atoms with Crippen LogP contribution in [0.15, 0.2) is 6.07 Å². The molecular weight excluding hydrogens is 233 g/mol. The zero-order valence-corrected chi connectivity index (χ0v) is 8.66. The van der Waals surface area contributed by atoms with Gasteiger partial charge in [0.2, 0.25) is 0 Å². The molecule has 6 heteroatoms. The molecule has 3 nitrogen and oxygen atoms in total. The maximum absolute atomic E-state index is 10.7. The van der Waals surface area contributed by atoms with Crippen LogP contribution < -0.4 is 4.42 Å². The lowest BCUT2D eigenvalue weighted by molar-refractivity contribution is -0.138. The highest BCUT2D eigenvalue weighted by Gasteiger charge is 2.35. The van der Waals surface area contributed by atoms with Gasteiger partial charge in [-0.2, -0.15) is 0 Å². The zero-order chi connectivity index (χ0) is 9.59. The van der Waals surface area contributed by atoms with Gasteiger partial charge in [0.05, 0.1) is 10.0 Å². The van der Waals surface area contributed by atoms with E-state index in [0.717, 1.165) is 10.6 Å². The van der Waals surface area contributed by atoms with Crippen LogP contribution in [0.4, 0.5) is 5.69 Å². The summed E-state index contributed by atoms with van der Waals surface area (Å²) < 4.78 is 1.87. The predicted molar refractivity (Wildman–Crippen MR) is 52.8 cm³/mol. The number of carboxylic acids is 1. The van der Waals surface area contributed by atoms with Gasteiger partial charge in [0.25, 0.3) is 0 Å². The Morgan fingerprint density at radius 1 is 1.77 bits per heavy atom. The van der Waals surface area contributed by atoms with Crippen molar-refractivity contribution >= 4 is 46.4 Å². The van der Waals surface area contributed by atoms with Gasteiger partial charge in [-0.1, -0.05) is 11.6 Å². The van der Waals surface area contributed by atoms with Gasteiger partial charge < -0.3 is 5.11 Å². The summed E-state index contributed by atoms with van der Waals surface area (Å²) in [5, 5.41) is 8.79. The van der Waals surface area contributed by atoms with E-state index in [-0.39, 0.29) is 0 Å². The maximum atomic E-state index is 10.7. The van der Waals surface area contributed by atoms with Crippen molar-refractivity contribution in [2.75, 3.05) is 4.42 Å². The van der Waals surface area contributed by atoms with Crippen molar-refractivity contribution < 1.29 is 9.90 Å². The molecule has 1 aliphatic heterocycles. The lowest BCUT2D eigenvalue weighted by atomic mass is 10.2. The Bertz CT molecular complexity index is 365. The maximum Gasteiger partial charge on any atom is 0.328 e. The first kappa shape index (κ1) is 9.12. The van der Waals surface area contributed by atoms with Crippen molar-refractivity contribution in [3.63, 3.8) is 0 Å². The largest absolute Gasteiger partial charge is 0.480 e. The highest BCUT2D eigenvalue weighted by atomic mass is 35.5. The van der Waals surface area contributed by atoms with Gasteiger partial charge in [0.1, 0.15) is 6.04 Å². The summed E-state index contributed by atoms with van der Waals surface area (Å²) in [6.45, 7) is 0. The molecule has 0 aromatic carbocycles. The fourth-order valence-corrected chi connectivity index (χ4v) is 2.97. The van der Waals surface area contributed by atoms with Crippen LogP contribution in [0.1, 0.15) is 4.88 Å². The average Bonchev–Trinajstić information content (AvgIpc) is 2.51. The van der Waals surface area contributed by atoms with E-state index in [9.17, 15) is 4.79 Å². The van der Waals surface area contributed by atoms with E-state index < -0.39 is 12.0 Å². The molecule has 0 saturated heterocycles. The van der Waals surface area contributed by atoms with Gasteiger partial charge >= 0.3 is 5.97 Å². The van der Waals surface area contributed by atoms with E-state index in [0.29, 0.717) is 10.8 Å². The second-order valence-corrected chi connectivity index (χ2v) is 4.86. The fraction of sp³-hybridized carbons (Fsp3) is 0.286. The molecule has 0 radical (unpaired) electrons. The molecule has 0 aliphatic carbocycles. The van der Waals surface area contributed by atoms with Gasteiger partial charge in [-0.05, 0) is 6.07 Å². The molecule has 2 heterocycles. The summed E-state index contributed by atoms with van der Waals surface area (Å²) in [5.41, 5.74) is 0.726. The summed E-state index contributed by atoms with van der Waals surface area (Å²) >= 11 is 13.0. The molecule has 13 heavy (non-hydrogen) atoms. The van der Waals surface area contributed by atoms with E-state index in [1.807, 2.05) is 0 Å². The Labute approximate surface area is 88.6 Å². The monoisotopic (exact) mass is 237 g/mol. The van der Waals surface area contributed by atoms with Crippen LogP contribution >= 0.6 is 34.7 Å². The summed E-state index contributed by atoms with van der Waals surface area (Å²) in [4.78, 5) is 11.6. The molecule has 70 valence electrons. The topological polar surface area (TPSA) is 40.5 Å². The number of carbonyl (C=O) groups is 1. The van der Waals surface area contributed by atoms with E-state index in [1.54, 1.807) is 6.07 Å². The number of anilines is 1. The van der Waals surface area contributed by atoms with Crippen LogP contribution in [0.3, 0.4) is 0 Å². The highest BCUT2D eigenvalue weighted by molar-refractivity contribution is 7.16. The Morgan fingerprint density at radius 2 is 2.46 bits per heavy atom. The number of rotatable bonds is 1. The average molecular weight is 238 g/mol. The molecular formula is C7H5Cl2NO2S. The number of halogens is 2. The summed E-state index contributed by atoms with van der Waals surface area (Å²) in [7, 11) is 0. The minimum Gasteiger partial charge on any atom is -0.480 e. The molecule has 0 saturated carbocycles. The second-order valence-electron chi connectivity index (χ2n) is 2.73. The molecule has 1 unspecified atom stereocenters.